The molecule has 2 amide bonds. The van der Waals surface area contributed by atoms with Gasteiger partial charge in [-0.3, -0.25) is 9.59 Å². The number of amides is 2. The van der Waals surface area contributed by atoms with Crippen molar-refractivity contribution in [2.24, 2.45) is 5.73 Å². The van der Waals surface area contributed by atoms with Crippen LogP contribution in [0.15, 0.2) is 60.7 Å². The number of fused-ring (bicyclic) bond motifs is 1. The molecule has 0 saturated carbocycles. The van der Waals surface area contributed by atoms with Crippen molar-refractivity contribution in [3.8, 4) is 11.3 Å². The van der Waals surface area contributed by atoms with Gasteiger partial charge >= 0.3 is 0 Å². The minimum atomic E-state index is -0.534. The number of nitrogens with zero attached hydrogens (tertiary/aromatic N) is 2. The molecule has 5 heteroatoms. The molecule has 1 aromatic heterocycles. The molecular weight excluding hydrogens is 326 g/mol. The van der Waals surface area contributed by atoms with Crippen LogP contribution in [0.1, 0.15) is 24.2 Å². The molecule has 3 aromatic rings. The van der Waals surface area contributed by atoms with E-state index in [1.807, 2.05) is 68.4 Å². The van der Waals surface area contributed by atoms with Crippen LogP contribution in [0, 0.1) is 0 Å². The molecular formula is C21H21N3O2. The molecule has 0 fully saturated rings. The van der Waals surface area contributed by atoms with Gasteiger partial charge in [0.25, 0.3) is 5.91 Å². The quantitative estimate of drug-likeness (QED) is 0.770. The first-order chi connectivity index (χ1) is 12.5. The third-order valence-electron chi connectivity index (χ3n) is 4.23. The van der Waals surface area contributed by atoms with Gasteiger partial charge in [-0.25, -0.2) is 4.98 Å². The zero-order valence-electron chi connectivity index (χ0n) is 14.8. The van der Waals surface area contributed by atoms with Crippen molar-refractivity contribution in [3.05, 3.63) is 66.2 Å². The number of hydrogen-bond donors (Lipinski definition) is 1. The lowest BCUT2D eigenvalue weighted by molar-refractivity contribution is -0.119. The molecule has 0 atom stereocenters. The van der Waals surface area contributed by atoms with Crippen LogP contribution >= 0.6 is 0 Å². The summed E-state index contributed by atoms with van der Waals surface area (Å²) >= 11 is 0. The molecule has 2 aromatic carbocycles. The van der Waals surface area contributed by atoms with Crippen molar-refractivity contribution in [2.45, 2.75) is 19.9 Å². The molecule has 0 bridgehead atoms. The zero-order valence-corrected chi connectivity index (χ0v) is 14.8. The maximum absolute atomic E-state index is 13.2. The van der Waals surface area contributed by atoms with Crippen LogP contribution in [-0.4, -0.2) is 34.3 Å². The maximum Gasteiger partial charge on any atom is 0.255 e. The summed E-state index contributed by atoms with van der Waals surface area (Å²) in [5, 5.41) is 0.757. The highest BCUT2D eigenvalue weighted by molar-refractivity contribution is 6.08. The first kappa shape index (κ1) is 17.6. The van der Waals surface area contributed by atoms with Crippen molar-refractivity contribution in [1.82, 2.24) is 9.88 Å². The summed E-state index contributed by atoms with van der Waals surface area (Å²) < 4.78 is 0. The van der Waals surface area contributed by atoms with Crippen LogP contribution in [0.3, 0.4) is 0 Å². The van der Waals surface area contributed by atoms with Gasteiger partial charge in [0, 0.05) is 17.0 Å². The monoisotopic (exact) mass is 347 g/mol. The Labute approximate surface area is 152 Å². The van der Waals surface area contributed by atoms with Gasteiger partial charge in [0.2, 0.25) is 5.91 Å². The SMILES string of the molecule is CC(C)N(CC(N)=O)C(=O)c1cc(-c2ccccc2)nc2ccccc12. The second-order valence-electron chi connectivity index (χ2n) is 6.43. The number of primary amides is 1. The minimum absolute atomic E-state index is 0.117. The molecule has 0 unspecified atom stereocenters. The molecule has 26 heavy (non-hydrogen) atoms. The van der Waals surface area contributed by atoms with Crippen LogP contribution in [0.4, 0.5) is 0 Å². The average Bonchev–Trinajstić information content (AvgIpc) is 2.65. The number of rotatable bonds is 5. The molecule has 0 saturated heterocycles. The largest absolute Gasteiger partial charge is 0.368 e. The molecule has 0 spiro atoms. The van der Waals surface area contributed by atoms with E-state index in [0.717, 1.165) is 22.2 Å². The Morgan fingerprint density at radius 2 is 1.69 bits per heavy atom. The molecule has 5 nitrogen and oxygen atoms in total. The van der Waals surface area contributed by atoms with Crippen molar-refractivity contribution < 1.29 is 9.59 Å². The standard InChI is InChI=1S/C21H21N3O2/c1-14(2)24(13-20(22)25)21(26)17-12-19(15-8-4-3-5-9-15)23-18-11-7-6-10-16(17)18/h3-12,14H,13H2,1-2H3,(H2,22,25). The van der Waals surface area contributed by atoms with Crippen molar-refractivity contribution in [1.29, 1.82) is 0 Å². The molecule has 0 aliphatic rings. The highest BCUT2D eigenvalue weighted by Gasteiger charge is 2.23. The van der Waals surface area contributed by atoms with Crippen molar-refractivity contribution in [2.75, 3.05) is 6.54 Å². The number of aromatic nitrogens is 1. The number of carbonyl (C=O) groups excluding carboxylic acids is 2. The van der Waals surface area contributed by atoms with Crippen LogP contribution in [0.5, 0.6) is 0 Å². The lowest BCUT2D eigenvalue weighted by Gasteiger charge is -2.26. The van der Waals surface area contributed by atoms with Gasteiger partial charge in [-0.05, 0) is 26.0 Å². The van der Waals surface area contributed by atoms with Gasteiger partial charge in [-0.2, -0.15) is 0 Å². The number of pyridine rings is 1. The Bertz CT molecular complexity index is 952. The van der Waals surface area contributed by atoms with Gasteiger partial charge in [0.15, 0.2) is 0 Å². The summed E-state index contributed by atoms with van der Waals surface area (Å²) in [6, 6.07) is 18.9. The summed E-state index contributed by atoms with van der Waals surface area (Å²) in [5.41, 5.74) is 8.24. The van der Waals surface area contributed by atoms with Crippen LogP contribution in [0.25, 0.3) is 22.2 Å². The van der Waals surface area contributed by atoms with E-state index < -0.39 is 5.91 Å². The lowest BCUT2D eigenvalue weighted by Crippen LogP contribution is -2.42. The first-order valence-electron chi connectivity index (χ1n) is 8.52. The predicted octanol–water partition coefficient (Wildman–Crippen LogP) is 3.24. The van der Waals surface area contributed by atoms with Crippen LogP contribution in [-0.2, 0) is 4.79 Å². The molecule has 0 aliphatic heterocycles. The van der Waals surface area contributed by atoms with E-state index in [-0.39, 0.29) is 18.5 Å². The minimum Gasteiger partial charge on any atom is -0.368 e. The van der Waals surface area contributed by atoms with E-state index >= 15 is 0 Å². The summed E-state index contributed by atoms with van der Waals surface area (Å²) in [5.74, 6) is -0.761. The topological polar surface area (TPSA) is 76.3 Å². The third-order valence-corrected chi connectivity index (χ3v) is 4.23. The first-order valence-corrected chi connectivity index (χ1v) is 8.52. The Morgan fingerprint density at radius 1 is 1.04 bits per heavy atom. The van der Waals surface area contributed by atoms with Gasteiger partial charge in [-0.15, -0.1) is 0 Å². The van der Waals surface area contributed by atoms with Crippen molar-refractivity contribution in [3.63, 3.8) is 0 Å². The third kappa shape index (κ3) is 3.57. The molecule has 132 valence electrons. The number of para-hydroxylation sites is 1. The van der Waals surface area contributed by atoms with Crippen LogP contribution in [0.2, 0.25) is 0 Å². The van der Waals surface area contributed by atoms with E-state index in [9.17, 15) is 9.59 Å². The molecule has 0 aliphatic carbocycles. The molecule has 3 rings (SSSR count). The van der Waals surface area contributed by atoms with E-state index in [4.69, 9.17) is 10.7 Å². The Kier molecular flexibility index (Phi) is 4.98. The van der Waals surface area contributed by atoms with E-state index in [1.54, 1.807) is 6.07 Å². The summed E-state index contributed by atoms with van der Waals surface area (Å²) in [6.45, 7) is 3.61. The smallest absolute Gasteiger partial charge is 0.255 e. The maximum atomic E-state index is 13.2. The molecule has 2 N–H and O–H groups in total. The Balaban J connectivity index is 2.17. The Hall–Kier alpha value is -3.21. The van der Waals surface area contributed by atoms with Gasteiger partial charge in [0.1, 0.15) is 0 Å². The Morgan fingerprint density at radius 3 is 2.35 bits per heavy atom. The number of carbonyl (C=O) groups is 2. The normalized spacial score (nSPS) is 10.9. The second-order valence-corrected chi connectivity index (χ2v) is 6.43. The molecule has 0 radical (unpaired) electrons. The van der Waals surface area contributed by atoms with E-state index in [1.165, 1.54) is 4.90 Å². The van der Waals surface area contributed by atoms with E-state index in [0.29, 0.717) is 5.56 Å². The average molecular weight is 347 g/mol. The fourth-order valence-electron chi connectivity index (χ4n) is 2.92. The van der Waals surface area contributed by atoms with Gasteiger partial charge in [-0.1, -0.05) is 48.5 Å². The predicted molar refractivity (Wildman–Crippen MR) is 103 cm³/mol. The number of benzene rings is 2. The fourth-order valence-corrected chi connectivity index (χ4v) is 2.92. The lowest BCUT2D eigenvalue weighted by atomic mass is 10.0. The highest BCUT2D eigenvalue weighted by atomic mass is 16.2. The highest BCUT2D eigenvalue weighted by Crippen LogP contribution is 2.26. The number of hydrogen-bond acceptors (Lipinski definition) is 3. The summed E-state index contributed by atoms with van der Waals surface area (Å²) in [7, 11) is 0. The van der Waals surface area contributed by atoms with Gasteiger partial charge < -0.3 is 10.6 Å². The summed E-state index contributed by atoms with van der Waals surface area (Å²) in [4.78, 5) is 30.8. The second kappa shape index (κ2) is 7.35. The van der Waals surface area contributed by atoms with Crippen LogP contribution < -0.4 is 5.73 Å². The van der Waals surface area contributed by atoms with E-state index in [2.05, 4.69) is 0 Å². The fraction of sp³-hybridized carbons (Fsp3) is 0.190. The zero-order chi connectivity index (χ0) is 18.7. The number of nitrogens with two attached hydrogens (primary N) is 1. The summed E-state index contributed by atoms with van der Waals surface area (Å²) in [6.07, 6.45) is 0. The molecule has 1 heterocycles. The van der Waals surface area contributed by atoms with Gasteiger partial charge in [0.05, 0.1) is 23.3 Å². The van der Waals surface area contributed by atoms with Crippen molar-refractivity contribution >= 4 is 22.7 Å².